The van der Waals surface area contributed by atoms with Crippen molar-refractivity contribution in [1.29, 1.82) is 0 Å². The quantitative estimate of drug-likeness (QED) is 0.0479. The van der Waals surface area contributed by atoms with E-state index in [0.717, 1.165) is 50.1 Å². The van der Waals surface area contributed by atoms with Crippen LogP contribution in [0, 0.1) is 13.8 Å². The number of aromatic hydroxyl groups is 2. The Hall–Kier alpha value is -6.32. The van der Waals surface area contributed by atoms with Crippen molar-refractivity contribution in [2.24, 2.45) is 10.9 Å². The average molecular weight is 627 g/mol. The van der Waals surface area contributed by atoms with Gasteiger partial charge in [-0.05, 0) is 71.3 Å². The number of nitrogens with one attached hydrogen (secondary N) is 2. The summed E-state index contributed by atoms with van der Waals surface area (Å²) in [6.07, 6.45) is 2.43. The molecular formula is C38H34N4O5. The highest BCUT2D eigenvalue weighted by Crippen LogP contribution is 2.25. The number of aryl methyl sites for hydroxylation is 2. The SMILES string of the molecule is Cc1cccc(/C=N/NC(=O)c2cc3ccccc3cc2O)c1.Cc1cccc(C=O)c1.NNC(=O)c1cc2ccccc2cc1O. The van der Waals surface area contributed by atoms with Crippen LogP contribution in [0.2, 0.25) is 0 Å². The van der Waals surface area contributed by atoms with E-state index >= 15 is 0 Å². The van der Waals surface area contributed by atoms with Gasteiger partial charge in [0.15, 0.2) is 0 Å². The number of nitrogen functional groups attached to an aromatic ring is 1. The van der Waals surface area contributed by atoms with Gasteiger partial charge in [-0.1, -0.05) is 102 Å². The van der Waals surface area contributed by atoms with Crippen molar-refractivity contribution < 1.29 is 24.6 Å². The molecule has 6 N–H and O–H groups in total. The highest BCUT2D eigenvalue weighted by Gasteiger charge is 2.12. The topological polar surface area (TPSA) is 154 Å². The maximum atomic E-state index is 12.2. The molecule has 0 saturated heterocycles. The first kappa shape index (κ1) is 33.6. The van der Waals surface area contributed by atoms with Gasteiger partial charge in [0, 0.05) is 5.56 Å². The Balaban J connectivity index is 0.000000178. The van der Waals surface area contributed by atoms with Gasteiger partial charge in [-0.25, -0.2) is 11.3 Å². The summed E-state index contributed by atoms with van der Waals surface area (Å²) < 4.78 is 0. The van der Waals surface area contributed by atoms with Crippen molar-refractivity contribution in [2.45, 2.75) is 13.8 Å². The van der Waals surface area contributed by atoms with Crippen LogP contribution in [0.3, 0.4) is 0 Å². The molecule has 0 aliphatic heterocycles. The van der Waals surface area contributed by atoms with Crippen molar-refractivity contribution >= 4 is 45.9 Å². The van der Waals surface area contributed by atoms with Gasteiger partial charge in [0.05, 0.1) is 17.3 Å². The van der Waals surface area contributed by atoms with Gasteiger partial charge in [0.1, 0.15) is 17.8 Å². The summed E-state index contributed by atoms with van der Waals surface area (Å²) in [4.78, 5) is 33.6. The fraction of sp³-hybridized carbons (Fsp3) is 0.0526. The zero-order valence-electron chi connectivity index (χ0n) is 25.8. The molecule has 9 heteroatoms. The molecular weight excluding hydrogens is 592 g/mol. The summed E-state index contributed by atoms with van der Waals surface area (Å²) in [5, 5.41) is 27.1. The van der Waals surface area contributed by atoms with E-state index in [9.17, 15) is 24.6 Å². The third-order valence-corrected chi connectivity index (χ3v) is 6.95. The number of fused-ring (bicyclic) bond motifs is 2. The largest absolute Gasteiger partial charge is 0.507 e. The lowest BCUT2D eigenvalue weighted by molar-refractivity contribution is 0.0943. The zero-order valence-corrected chi connectivity index (χ0v) is 25.8. The number of rotatable bonds is 5. The number of hydrogen-bond donors (Lipinski definition) is 5. The number of hydrazone groups is 1. The van der Waals surface area contributed by atoms with Gasteiger partial charge in [0.25, 0.3) is 11.8 Å². The maximum absolute atomic E-state index is 12.2. The minimum Gasteiger partial charge on any atom is -0.507 e. The van der Waals surface area contributed by atoms with Crippen LogP contribution in [0.1, 0.15) is 47.8 Å². The first-order valence-electron chi connectivity index (χ1n) is 14.5. The van der Waals surface area contributed by atoms with Crippen LogP contribution in [-0.2, 0) is 0 Å². The van der Waals surface area contributed by atoms with E-state index in [4.69, 9.17) is 5.84 Å². The van der Waals surface area contributed by atoms with E-state index in [-0.39, 0.29) is 22.6 Å². The molecule has 0 atom stereocenters. The Morgan fingerprint density at radius 3 is 1.51 bits per heavy atom. The van der Waals surface area contributed by atoms with Crippen molar-refractivity contribution in [2.75, 3.05) is 0 Å². The lowest BCUT2D eigenvalue weighted by Crippen LogP contribution is -2.29. The highest BCUT2D eigenvalue weighted by atomic mass is 16.3. The molecule has 9 nitrogen and oxygen atoms in total. The van der Waals surface area contributed by atoms with E-state index in [1.54, 1.807) is 36.5 Å². The molecule has 0 radical (unpaired) electrons. The van der Waals surface area contributed by atoms with Crippen LogP contribution in [0.5, 0.6) is 11.5 Å². The van der Waals surface area contributed by atoms with Crippen molar-refractivity contribution in [3.63, 3.8) is 0 Å². The summed E-state index contributed by atoms with van der Waals surface area (Å²) in [6.45, 7) is 3.95. The Kier molecular flexibility index (Phi) is 11.5. The average Bonchev–Trinajstić information content (AvgIpc) is 3.08. The molecule has 0 heterocycles. The molecule has 0 unspecified atom stereocenters. The fourth-order valence-corrected chi connectivity index (χ4v) is 4.62. The van der Waals surface area contributed by atoms with E-state index in [1.807, 2.05) is 110 Å². The molecule has 0 bridgehead atoms. The molecule has 6 rings (SSSR count). The summed E-state index contributed by atoms with van der Waals surface area (Å²) >= 11 is 0. The first-order valence-corrected chi connectivity index (χ1v) is 14.5. The van der Waals surface area contributed by atoms with Crippen LogP contribution in [0.4, 0.5) is 0 Å². The minimum atomic E-state index is -0.502. The molecule has 2 amide bonds. The van der Waals surface area contributed by atoms with E-state index in [1.165, 1.54) is 0 Å². The standard InChI is InChI=1S/C19H16N2O2.C11H10N2O2.C8H8O/c1-13-5-4-6-14(9-13)12-20-21-19(23)17-10-15-7-2-3-8-16(15)11-18(17)22;12-13-11(15)9-5-7-3-1-2-4-8(7)6-10(9)14;1-7-3-2-4-8(5-7)6-9/h2-12,22H,1H3,(H,21,23);1-6,14H,12H2,(H,13,15);2-6H,1H3/b20-12+;;. The second kappa shape index (κ2) is 16.1. The summed E-state index contributed by atoms with van der Waals surface area (Å²) in [5.74, 6) is 3.92. The van der Waals surface area contributed by atoms with Crippen LogP contribution in [0.25, 0.3) is 21.5 Å². The van der Waals surface area contributed by atoms with Gasteiger partial charge < -0.3 is 10.2 Å². The Morgan fingerprint density at radius 1 is 0.617 bits per heavy atom. The first-order chi connectivity index (χ1) is 22.7. The van der Waals surface area contributed by atoms with Crippen LogP contribution < -0.4 is 16.7 Å². The molecule has 0 spiro atoms. The monoisotopic (exact) mass is 626 g/mol. The summed E-state index contributed by atoms with van der Waals surface area (Å²) in [6, 6.07) is 36.6. The third kappa shape index (κ3) is 9.34. The molecule has 0 saturated carbocycles. The predicted octanol–water partition coefficient (Wildman–Crippen LogP) is 6.57. The third-order valence-electron chi connectivity index (χ3n) is 6.95. The Bertz CT molecular complexity index is 2070. The number of aldehydes is 1. The van der Waals surface area contributed by atoms with Crippen LogP contribution >= 0.6 is 0 Å². The number of amides is 2. The van der Waals surface area contributed by atoms with Crippen molar-refractivity contribution in [3.05, 3.63) is 155 Å². The molecule has 0 aromatic heterocycles. The van der Waals surface area contributed by atoms with E-state index < -0.39 is 11.8 Å². The number of phenols is 2. The number of phenolic OH excluding ortho intramolecular Hbond substituents is 2. The van der Waals surface area contributed by atoms with Gasteiger partial charge >= 0.3 is 0 Å². The van der Waals surface area contributed by atoms with Crippen LogP contribution in [0.15, 0.2) is 126 Å². The normalized spacial score (nSPS) is 10.4. The summed E-state index contributed by atoms with van der Waals surface area (Å²) in [7, 11) is 0. The van der Waals surface area contributed by atoms with E-state index in [0.29, 0.717) is 0 Å². The van der Waals surface area contributed by atoms with Gasteiger partial charge in [-0.2, -0.15) is 5.10 Å². The smallest absolute Gasteiger partial charge is 0.275 e. The summed E-state index contributed by atoms with van der Waals surface area (Å²) in [5.41, 5.74) is 8.69. The fourth-order valence-electron chi connectivity index (χ4n) is 4.62. The number of hydrazine groups is 1. The number of carbonyl (C=O) groups is 3. The van der Waals surface area contributed by atoms with Gasteiger partial charge in [-0.3, -0.25) is 19.8 Å². The second-order valence-corrected chi connectivity index (χ2v) is 10.6. The predicted molar refractivity (Wildman–Crippen MR) is 186 cm³/mol. The minimum absolute atomic E-state index is 0.0630. The second-order valence-electron chi connectivity index (χ2n) is 10.6. The number of carbonyl (C=O) groups excluding carboxylic acids is 3. The van der Waals surface area contributed by atoms with E-state index in [2.05, 4.69) is 10.5 Å². The lowest BCUT2D eigenvalue weighted by atomic mass is 10.1. The van der Waals surface area contributed by atoms with Gasteiger partial charge in [-0.15, -0.1) is 0 Å². The van der Waals surface area contributed by atoms with Crippen LogP contribution in [-0.4, -0.2) is 34.5 Å². The van der Waals surface area contributed by atoms with Crippen molar-refractivity contribution in [1.82, 2.24) is 10.9 Å². The lowest BCUT2D eigenvalue weighted by Gasteiger charge is -2.05. The molecule has 47 heavy (non-hydrogen) atoms. The number of hydrogen-bond acceptors (Lipinski definition) is 7. The molecule has 6 aromatic rings. The molecule has 6 aromatic carbocycles. The number of nitrogens with two attached hydrogens (primary N) is 1. The molecule has 236 valence electrons. The number of nitrogens with zero attached hydrogens (tertiary/aromatic N) is 1. The Morgan fingerprint density at radius 2 is 1.06 bits per heavy atom. The highest BCUT2D eigenvalue weighted by molar-refractivity contribution is 6.02. The van der Waals surface area contributed by atoms with Crippen molar-refractivity contribution in [3.8, 4) is 11.5 Å². The Labute approximate surface area is 272 Å². The number of benzene rings is 6. The molecule has 0 aliphatic carbocycles. The maximum Gasteiger partial charge on any atom is 0.275 e. The van der Waals surface area contributed by atoms with Gasteiger partial charge in [0.2, 0.25) is 0 Å². The molecule has 0 aliphatic rings. The zero-order chi connectivity index (χ0) is 33.8. The molecule has 0 fully saturated rings.